The molecule has 2 aromatic rings. The Morgan fingerprint density at radius 3 is 2.35 bits per heavy atom. The molecule has 4 rings (SSSR count). The Balaban J connectivity index is 1.43. The van der Waals surface area contributed by atoms with Crippen LogP contribution < -0.4 is 5.32 Å². The molecule has 0 spiro atoms. The number of piperidine rings is 1. The molecule has 31 heavy (non-hydrogen) atoms. The minimum absolute atomic E-state index is 0.0604. The standard InChI is InChI=1S/C24H30N2O4S/c27-23(25-19-24(13-16-30-17-14-24)21-9-3-1-4-10-21)20-8-7-15-26(18-20)31(28,29)22-11-5-2-6-12-22/h1-6,9-12,20H,7-8,13-19H2,(H,25,27)/t20-/m0/s1. The van der Waals surface area contributed by atoms with E-state index in [9.17, 15) is 13.2 Å². The number of sulfonamides is 1. The molecule has 0 aromatic heterocycles. The molecule has 2 saturated heterocycles. The van der Waals surface area contributed by atoms with Crippen LogP contribution in [0.1, 0.15) is 31.2 Å². The molecule has 2 fully saturated rings. The topological polar surface area (TPSA) is 75.7 Å². The Labute approximate surface area is 184 Å². The Bertz CT molecular complexity index is 973. The van der Waals surface area contributed by atoms with Gasteiger partial charge in [-0.1, -0.05) is 48.5 Å². The minimum atomic E-state index is -3.58. The van der Waals surface area contributed by atoms with Gasteiger partial charge in [-0.2, -0.15) is 4.31 Å². The Hall–Kier alpha value is -2.22. The van der Waals surface area contributed by atoms with Crippen LogP contribution >= 0.6 is 0 Å². The molecular formula is C24H30N2O4S. The van der Waals surface area contributed by atoms with Gasteiger partial charge in [-0.15, -0.1) is 0 Å². The predicted molar refractivity (Wildman–Crippen MR) is 119 cm³/mol. The van der Waals surface area contributed by atoms with Crippen LogP contribution in [0.15, 0.2) is 65.6 Å². The first-order valence-corrected chi connectivity index (χ1v) is 12.4. The van der Waals surface area contributed by atoms with Crippen molar-refractivity contribution in [1.29, 1.82) is 0 Å². The molecular weight excluding hydrogens is 412 g/mol. The molecule has 166 valence electrons. The number of nitrogens with zero attached hydrogens (tertiary/aromatic N) is 1. The van der Waals surface area contributed by atoms with Crippen molar-refractivity contribution in [1.82, 2.24) is 9.62 Å². The zero-order chi connectivity index (χ0) is 21.7. The summed E-state index contributed by atoms with van der Waals surface area (Å²) < 4.78 is 33.0. The smallest absolute Gasteiger partial charge is 0.243 e. The molecule has 0 radical (unpaired) electrons. The van der Waals surface area contributed by atoms with E-state index in [-0.39, 0.29) is 28.7 Å². The number of hydrogen-bond acceptors (Lipinski definition) is 4. The lowest BCUT2D eigenvalue weighted by molar-refractivity contribution is -0.126. The summed E-state index contributed by atoms with van der Waals surface area (Å²) >= 11 is 0. The summed E-state index contributed by atoms with van der Waals surface area (Å²) in [6.07, 6.45) is 3.10. The highest BCUT2D eigenvalue weighted by Gasteiger charge is 2.37. The van der Waals surface area contributed by atoms with Gasteiger partial charge in [0.05, 0.1) is 10.8 Å². The molecule has 7 heteroatoms. The second-order valence-corrected chi connectivity index (χ2v) is 10.4. The summed E-state index contributed by atoms with van der Waals surface area (Å²) in [5, 5.41) is 3.16. The average molecular weight is 443 g/mol. The zero-order valence-corrected chi connectivity index (χ0v) is 18.5. The third-order valence-corrected chi connectivity index (χ3v) is 8.45. The molecule has 6 nitrogen and oxygen atoms in total. The highest BCUT2D eigenvalue weighted by molar-refractivity contribution is 7.89. The van der Waals surface area contributed by atoms with Gasteiger partial charge >= 0.3 is 0 Å². The highest BCUT2D eigenvalue weighted by atomic mass is 32.2. The molecule has 0 saturated carbocycles. The fourth-order valence-electron chi connectivity index (χ4n) is 4.64. The van der Waals surface area contributed by atoms with Gasteiger partial charge in [0.25, 0.3) is 0 Å². The van der Waals surface area contributed by atoms with Crippen LogP contribution in [-0.4, -0.2) is 51.5 Å². The van der Waals surface area contributed by atoms with Crippen LogP contribution in [0, 0.1) is 5.92 Å². The Morgan fingerprint density at radius 1 is 1.03 bits per heavy atom. The van der Waals surface area contributed by atoms with Crippen molar-refractivity contribution in [2.75, 3.05) is 32.8 Å². The number of nitrogens with one attached hydrogen (secondary N) is 1. The van der Waals surface area contributed by atoms with Crippen molar-refractivity contribution >= 4 is 15.9 Å². The van der Waals surface area contributed by atoms with E-state index in [1.54, 1.807) is 30.3 Å². The summed E-state index contributed by atoms with van der Waals surface area (Å²) in [5.41, 5.74) is 1.08. The molecule has 0 bridgehead atoms. The normalized spacial score (nSPS) is 22.0. The number of ether oxygens (including phenoxy) is 1. The van der Waals surface area contributed by atoms with Gasteiger partial charge in [-0.05, 0) is 43.4 Å². The van der Waals surface area contributed by atoms with Gasteiger partial charge in [-0.25, -0.2) is 8.42 Å². The molecule has 0 aliphatic carbocycles. The van der Waals surface area contributed by atoms with E-state index in [1.165, 1.54) is 9.87 Å². The quantitative estimate of drug-likeness (QED) is 0.746. The Kier molecular flexibility index (Phi) is 6.74. The number of carbonyl (C=O) groups excluding carboxylic acids is 1. The van der Waals surface area contributed by atoms with Crippen LogP contribution in [-0.2, 0) is 25.0 Å². The lowest BCUT2D eigenvalue weighted by Gasteiger charge is -2.38. The van der Waals surface area contributed by atoms with E-state index in [0.717, 1.165) is 12.8 Å². The molecule has 1 amide bonds. The van der Waals surface area contributed by atoms with E-state index in [1.807, 2.05) is 18.2 Å². The summed E-state index contributed by atoms with van der Waals surface area (Å²) in [7, 11) is -3.58. The lowest BCUT2D eigenvalue weighted by Crippen LogP contribution is -2.49. The van der Waals surface area contributed by atoms with Crippen molar-refractivity contribution in [3.63, 3.8) is 0 Å². The fourth-order valence-corrected chi connectivity index (χ4v) is 6.18. The summed E-state index contributed by atoms with van der Waals surface area (Å²) in [5.74, 6) is -0.394. The van der Waals surface area contributed by atoms with Gasteiger partial charge in [0.15, 0.2) is 0 Å². The molecule has 2 heterocycles. The third kappa shape index (κ3) is 4.84. The molecule has 0 unspecified atom stereocenters. The maximum absolute atomic E-state index is 13.1. The summed E-state index contributed by atoms with van der Waals surface area (Å²) in [6, 6.07) is 18.7. The summed E-state index contributed by atoms with van der Waals surface area (Å²) in [4.78, 5) is 13.3. The van der Waals surface area contributed by atoms with Gasteiger partial charge in [-0.3, -0.25) is 4.79 Å². The van der Waals surface area contributed by atoms with Crippen molar-refractivity contribution in [3.05, 3.63) is 66.2 Å². The van der Waals surface area contributed by atoms with Crippen LogP contribution in [0.5, 0.6) is 0 Å². The monoisotopic (exact) mass is 442 g/mol. The number of carbonyl (C=O) groups is 1. The van der Waals surface area contributed by atoms with E-state index in [0.29, 0.717) is 39.1 Å². The fraction of sp³-hybridized carbons (Fsp3) is 0.458. The van der Waals surface area contributed by atoms with Crippen LogP contribution in [0.2, 0.25) is 0 Å². The van der Waals surface area contributed by atoms with Crippen molar-refractivity contribution < 1.29 is 17.9 Å². The van der Waals surface area contributed by atoms with E-state index in [4.69, 9.17) is 4.74 Å². The van der Waals surface area contributed by atoms with Crippen molar-refractivity contribution in [3.8, 4) is 0 Å². The molecule has 1 atom stereocenters. The van der Waals surface area contributed by atoms with Crippen LogP contribution in [0.3, 0.4) is 0 Å². The predicted octanol–water partition coefficient (Wildman–Crippen LogP) is 2.95. The van der Waals surface area contributed by atoms with E-state index in [2.05, 4.69) is 17.4 Å². The number of benzene rings is 2. The second kappa shape index (κ2) is 9.51. The molecule has 2 aliphatic heterocycles. The average Bonchev–Trinajstić information content (AvgIpc) is 2.84. The van der Waals surface area contributed by atoms with Crippen molar-refractivity contribution in [2.24, 2.45) is 5.92 Å². The van der Waals surface area contributed by atoms with Gasteiger partial charge in [0.2, 0.25) is 15.9 Å². The number of rotatable bonds is 6. The minimum Gasteiger partial charge on any atom is -0.381 e. The zero-order valence-electron chi connectivity index (χ0n) is 17.7. The third-order valence-electron chi connectivity index (χ3n) is 6.57. The SMILES string of the molecule is O=C(NCC1(c2ccccc2)CCOCC1)[C@H]1CCCN(S(=O)(=O)c2ccccc2)C1. The maximum Gasteiger partial charge on any atom is 0.243 e. The molecule has 2 aliphatic rings. The first kappa shape index (κ1) is 22.0. The van der Waals surface area contributed by atoms with Gasteiger partial charge in [0.1, 0.15) is 0 Å². The van der Waals surface area contributed by atoms with Crippen molar-refractivity contribution in [2.45, 2.75) is 36.0 Å². The lowest BCUT2D eigenvalue weighted by atomic mass is 9.74. The molecule has 2 aromatic carbocycles. The Morgan fingerprint density at radius 2 is 1.68 bits per heavy atom. The van der Waals surface area contributed by atoms with Gasteiger partial charge in [0, 0.05) is 38.3 Å². The first-order valence-electron chi connectivity index (χ1n) is 11.0. The first-order chi connectivity index (χ1) is 15.0. The maximum atomic E-state index is 13.1. The highest BCUT2D eigenvalue weighted by Crippen LogP contribution is 2.34. The number of amides is 1. The van der Waals surface area contributed by atoms with E-state index >= 15 is 0 Å². The van der Waals surface area contributed by atoms with Crippen LogP contribution in [0.25, 0.3) is 0 Å². The van der Waals surface area contributed by atoms with E-state index < -0.39 is 10.0 Å². The molecule has 1 N–H and O–H groups in total. The van der Waals surface area contributed by atoms with Gasteiger partial charge < -0.3 is 10.1 Å². The van der Waals surface area contributed by atoms with Crippen LogP contribution in [0.4, 0.5) is 0 Å². The summed E-state index contributed by atoms with van der Waals surface area (Å²) in [6.45, 7) is 2.58. The number of hydrogen-bond donors (Lipinski definition) is 1. The largest absolute Gasteiger partial charge is 0.381 e. The second-order valence-electron chi connectivity index (χ2n) is 8.49.